The quantitative estimate of drug-likeness (QED) is 0.591. The van der Waals surface area contributed by atoms with E-state index >= 15 is 0 Å². The van der Waals surface area contributed by atoms with Crippen molar-refractivity contribution in [2.75, 3.05) is 5.73 Å². The van der Waals surface area contributed by atoms with Gasteiger partial charge in [0.05, 0.1) is 17.5 Å². The highest BCUT2D eigenvalue weighted by molar-refractivity contribution is 5.88. The molecule has 6 nitrogen and oxygen atoms in total. The van der Waals surface area contributed by atoms with Crippen LogP contribution in [0.5, 0.6) is 0 Å². The zero-order valence-electron chi connectivity index (χ0n) is 13.0. The summed E-state index contributed by atoms with van der Waals surface area (Å²) in [6.07, 6.45) is 1.55. The van der Waals surface area contributed by atoms with Crippen LogP contribution in [0.2, 0.25) is 0 Å². The average molecular weight is 331 g/mol. The zero-order chi connectivity index (χ0) is 17.4. The minimum absolute atomic E-state index is 0.213. The van der Waals surface area contributed by atoms with Crippen molar-refractivity contribution < 1.29 is 14.3 Å². The van der Waals surface area contributed by atoms with Crippen molar-refractivity contribution in [3.8, 4) is 22.7 Å². The predicted octanol–water partition coefficient (Wildman–Crippen LogP) is 3.84. The van der Waals surface area contributed by atoms with Crippen LogP contribution in [0.15, 0.2) is 65.2 Å². The molecule has 0 bridgehead atoms. The molecule has 0 fully saturated rings. The van der Waals surface area contributed by atoms with Crippen LogP contribution in [-0.2, 0) is 0 Å². The molecule has 4 rings (SSSR count). The van der Waals surface area contributed by atoms with Gasteiger partial charge >= 0.3 is 5.97 Å². The Morgan fingerprint density at radius 1 is 1.08 bits per heavy atom. The van der Waals surface area contributed by atoms with Crippen molar-refractivity contribution in [1.82, 2.24) is 9.97 Å². The first-order valence-corrected chi connectivity index (χ1v) is 7.57. The molecule has 6 heteroatoms. The number of carboxylic acid groups (broad SMARTS) is 1. The number of fused-ring (bicyclic) bond motifs is 1. The highest BCUT2D eigenvalue weighted by Crippen LogP contribution is 2.30. The molecule has 0 amide bonds. The second-order valence-electron chi connectivity index (χ2n) is 5.52. The Morgan fingerprint density at radius 2 is 1.84 bits per heavy atom. The van der Waals surface area contributed by atoms with Crippen molar-refractivity contribution in [3.05, 3.63) is 66.4 Å². The summed E-state index contributed by atoms with van der Waals surface area (Å²) in [7, 11) is 0. The summed E-state index contributed by atoms with van der Waals surface area (Å²) in [5, 5.41) is 9.94. The molecule has 0 unspecified atom stereocenters. The maximum Gasteiger partial charge on any atom is 0.335 e. The van der Waals surface area contributed by atoms with E-state index in [4.69, 9.17) is 15.3 Å². The number of carbonyl (C=O) groups is 1. The third-order valence-corrected chi connectivity index (χ3v) is 3.89. The molecule has 2 aromatic heterocycles. The number of aromatic carboxylic acids is 1. The molecular formula is C19H13N3O3. The van der Waals surface area contributed by atoms with Crippen LogP contribution in [0.25, 0.3) is 33.7 Å². The van der Waals surface area contributed by atoms with Gasteiger partial charge in [-0.2, -0.15) is 0 Å². The highest BCUT2D eigenvalue weighted by atomic mass is 16.4. The van der Waals surface area contributed by atoms with Crippen molar-refractivity contribution >= 4 is 22.8 Å². The molecule has 3 N–H and O–H groups in total. The second kappa shape index (κ2) is 5.76. The fourth-order valence-electron chi connectivity index (χ4n) is 2.60. The molecule has 0 radical (unpaired) electrons. The smallest absolute Gasteiger partial charge is 0.335 e. The molecule has 0 spiro atoms. The molecule has 4 aromatic rings. The van der Waals surface area contributed by atoms with Gasteiger partial charge in [0.1, 0.15) is 11.3 Å². The largest absolute Gasteiger partial charge is 0.478 e. The van der Waals surface area contributed by atoms with Gasteiger partial charge in [0.2, 0.25) is 0 Å². The maximum absolute atomic E-state index is 11.0. The number of carboxylic acids is 1. The number of para-hydroxylation sites is 1. The third-order valence-electron chi connectivity index (χ3n) is 3.89. The zero-order valence-corrected chi connectivity index (χ0v) is 13.0. The third kappa shape index (κ3) is 2.70. The van der Waals surface area contributed by atoms with E-state index < -0.39 is 5.97 Å². The minimum atomic E-state index is -0.974. The molecule has 2 aromatic carbocycles. The molecular weight excluding hydrogens is 318 g/mol. The van der Waals surface area contributed by atoms with Crippen molar-refractivity contribution in [1.29, 1.82) is 0 Å². The summed E-state index contributed by atoms with van der Waals surface area (Å²) in [5.41, 5.74) is 8.72. The number of anilines is 1. The number of nitrogens with zero attached hydrogens (tertiary/aromatic N) is 2. The molecule has 122 valence electrons. The first kappa shape index (κ1) is 14.9. The Kier molecular flexibility index (Phi) is 3.43. The molecule has 0 aliphatic carbocycles. The van der Waals surface area contributed by atoms with Gasteiger partial charge in [-0.1, -0.05) is 30.3 Å². The van der Waals surface area contributed by atoms with Crippen LogP contribution in [0.4, 0.5) is 5.82 Å². The first-order valence-electron chi connectivity index (χ1n) is 7.57. The van der Waals surface area contributed by atoms with E-state index in [1.165, 1.54) is 12.1 Å². The number of rotatable bonds is 3. The lowest BCUT2D eigenvalue weighted by Gasteiger charge is -2.05. The fraction of sp³-hybridized carbons (Fsp3) is 0. The van der Waals surface area contributed by atoms with Crippen LogP contribution >= 0.6 is 0 Å². The van der Waals surface area contributed by atoms with E-state index in [1.54, 1.807) is 18.3 Å². The summed E-state index contributed by atoms with van der Waals surface area (Å²) in [6.45, 7) is 0. The molecule has 2 heterocycles. The van der Waals surface area contributed by atoms with Crippen LogP contribution in [-0.4, -0.2) is 21.0 Å². The van der Waals surface area contributed by atoms with Crippen LogP contribution in [0.3, 0.4) is 0 Å². The van der Waals surface area contributed by atoms with E-state index in [1.807, 2.05) is 30.3 Å². The summed E-state index contributed by atoms with van der Waals surface area (Å²) in [4.78, 5) is 19.7. The highest BCUT2D eigenvalue weighted by Gasteiger charge is 2.14. The molecule has 25 heavy (non-hydrogen) atoms. The van der Waals surface area contributed by atoms with Crippen molar-refractivity contribution in [2.24, 2.45) is 0 Å². The monoisotopic (exact) mass is 331 g/mol. The van der Waals surface area contributed by atoms with E-state index in [9.17, 15) is 4.79 Å². The van der Waals surface area contributed by atoms with Gasteiger partial charge in [0, 0.05) is 10.9 Å². The lowest BCUT2D eigenvalue weighted by Crippen LogP contribution is -1.99. The lowest BCUT2D eigenvalue weighted by atomic mass is 10.1. The number of nitrogen functional groups attached to an aromatic ring is 1. The van der Waals surface area contributed by atoms with Crippen LogP contribution in [0, 0.1) is 0 Å². The average Bonchev–Trinajstić information content (AvgIpc) is 3.06. The van der Waals surface area contributed by atoms with Gasteiger partial charge in [-0.15, -0.1) is 0 Å². The molecule has 0 saturated heterocycles. The number of hydrogen-bond donors (Lipinski definition) is 2. The Bertz CT molecular complexity index is 1050. The van der Waals surface area contributed by atoms with Gasteiger partial charge in [0.25, 0.3) is 0 Å². The number of benzene rings is 2. The van der Waals surface area contributed by atoms with Gasteiger partial charge in [-0.05, 0) is 24.3 Å². The van der Waals surface area contributed by atoms with Gasteiger partial charge < -0.3 is 15.3 Å². The topological polar surface area (TPSA) is 102 Å². The number of aromatic nitrogens is 2. The normalized spacial score (nSPS) is 10.9. The second-order valence-corrected chi connectivity index (χ2v) is 5.52. The summed E-state index contributed by atoms with van der Waals surface area (Å²) < 4.78 is 5.82. The van der Waals surface area contributed by atoms with Crippen molar-refractivity contribution in [3.63, 3.8) is 0 Å². The Balaban J connectivity index is 1.79. The molecule has 0 atom stereocenters. The predicted molar refractivity (Wildman–Crippen MR) is 94.0 cm³/mol. The molecule has 0 aliphatic heterocycles. The van der Waals surface area contributed by atoms with E-state index in [-0.39, 0.29) is 11.4 Å². The number of furan rings is 1. The van der Waals surface area contributed by atoms with E-state index in [0.29, 0.717) is 17.1 Å². The minimum Gasteiger partial charge on any atom is -0.478 e. The van der Waals surface area contributed by atoms with Crippen molar-refractivity contribution in [2.45, 2.75) is 0 Å². The number of nitrogens with two attached hydrogens (primary N) is 1. The maximum atomic E-state index is 11.0. The van der Waals surface area contributed by atoms with Gasteiger partial charge in [0.15, 0.2) is 11.6 Å². The Labute approximate surface area is 142 Å². The number of hydrogen-bond acceptors (Lipinski definition) is 5. The Hall–Kier alpha value is -3.67. The van der Waals surface area contributed by atoms with Crippen LogP contribution in [0.1, 0.15) is 10.4 Å². The first-order chi connectivity index (χ1) is 12.1. The van der Waals surface area contributed by atoms with Crippen LogP contribution < -0.4 is 5.73 Å². The summed E-state index contributed by atoms with van der Waals surface area (Å²) in [5.74, 6) is -0.168. The molecule has 0 saturated carbocycles. The molecule has 0 aliphatic rings. The fourth-order valence-corrected chi connectivity index (χ4v) is 2.60. The SMILES string of the molecule is Nc1ncc(-c2ccc(C(=O)O)cc2)nc1-c1cc2ccccc2o1. The van der Waals surface area contributed by atoms with E-state index in [0.717, 1.165) is 16.5 Å². The van der Waals surface area contributed by atoms with Gasteiger partial charge in [-0.25, -0.2) is 14.8 Å². The van der Waals surface area contributed by atoms with Gasteiger partial charge in [-0.3, -0.25) is 0 Å². The summed E-state index contributed by atoms with van der Waals surface area (Å²) >= 11 is 0. The standard InChI is InChI=1S/C19H13N3O3/c20-18-17(16-9-13-3-1-2-4-15(13)25-16)22-14(10-21-18)11-5-7-12(8-6-11)19(23)24/h1-10H,(H2,20,21)(H,23,24). The lowest BCUT2D eigenvalue weighted by molar-refractivity contribution is 0.0697. The summed E-state index contributed by atoms with van der Waals surface area (Å²) in [6, 6.07) is 15.9. The van der Waals surface area contributed by atoms with E-state index in [2.05, 4.69) is 9.97 Å². The Morgan fingerprint density at radius 3 is 2.56 bits per heavy atom.